The number of halogens is 2. The highest BCUT2D eigenvalue weighted by atomic mass is 19.1. The molecule has 0 atom stereocenters. The van der Waals surface area contributed by atoms with Crippen LogP contribution in [0.25, 0.3) is 0 Å². The molecule has 1 fully saturated rings. The van der Waals surface area contributed by atoms with Gasteiger partial charge in [0, 0.05) is 38.3 Å². The first-order chi connectivity index (χ1) is 9.16. The van der Waals surface area contributed by atoms with Crippen molar-refractivity contribution >= 4 is 5.69 Å². The summed E-state index contributed by atoms with van der Waals surface area (Å²) in [6.45, 7) is 3.35. The fourth-order valence-corrected chi connectivity index (χ4v) is 2.00. The predicted molar refractivity (Wildman–Crippen MR) is 73.4 cm³/mol. The zero-order valence-electron chi connectivity index (χ0n) is 11.3. The van der Waals surface area contributed by atoms with Crippen LogP contribution in [0.1, 0.15) is 12.8 Å². The summed E-state index contributed by atoms with van der Waals surface area (Å²) >= 11 is 0. The average molecular weight is 269 g/mol. The largest absolute Gasteiger partial charge is 0.381 e. The van der Waals surface area contributed by atoms with Crippen LogP contribution in [0, 0.1) is 11.6 Å². The molecule has 1 aliphatic rings. The maximum atomic E-state index is 13.3. The SMILES string of the molecule is CN(CCNCCNc1ccc(F)cc1F)C1CC1. The zero-order valence-corrected chi connectivity index (χ0v) is 11.3. The van der Waals surface area contributed by atoms with Crippen LogP contribution in [-0.4, -0.2) is 44.2 Å². The molecule has 3 nitrogen and oxygen atoms in total. The van der Waals surface area contributed by atoms with E-state index in [9.17, 15) is 8.78 Å². The minimum atomic E-state index is -0.552. The summed E-state index contributed by atoms with van der Waals surface area (Å²) < 4.78 is 26.0. The molecule has 0 heterocycles. The van der Waals surface area contributed by atoms with Gasteiger partial charge in [0.15, 0.2) is 0 Å². The lowest BCUT2D eigenvalue weighted by molar-refractivity contribution is 0.323. The van der Waals surface area contributed by atoms with Crippen LogP contribution in [0.15, 0.2) is 18.2 Å². The Labute approximate surface area is 113 Å². The quantitative estimate of drug-likeness (QED) is 0.707. The van der Waals surface area contributed by atoms with Gasteiger partial charge in [0.25, 0.3) is 0 Å². The lowest BCUT2D eigenvalue weighted by Crippen LogP contribution is -2.32. The van der Waals surface area contributed by atoms with Crippen LogP contribution >= 0.6 is 0 Å². The molecule has 2 N–H and O–H groups in total. The molecule has 0 aliphatic heterocycles. The molecular formula is C14H21F2N3. The third-order valence-corrected chi connectivity index (χ3v) is 3.36. The van der Waals surface area contributed by atoms with E-state index in [1.807, 2.05) is 0 Å². The minimum absolute atomic E-state index is 0.346. The van der Waals surface area contributed by atoms with E-state index < -0.39 is 11.6 Å². The Morgan fingerprint density at radius 2 is 2.00 bits per heavy atom. The summed E-state index contributed by atoms with van der Waals surface area (Å²) in [5.74, 6) is -1.10. The Balaban J connectivity index is 1.56. The molecule has 5 heteroatoms. The van der Waals surface area contributed by atoms with Gasteiger partial charge >= 0.3 is 0 Å². The fourth-order valence-electron chi connectivity index (χ4n) is 2.00. The number of nitrogens with one attached hydrogen (secondary N) is 2. The Kier molecular flexibility index (Phi) is 5.10. The maximum absolute atomic E-state index is 13.3. The van der Waals surface area contributed by atoms with E-state index >= 15 is 0 Å². The molecule has 0 amide bonds. The highest BCUT2D eigenvalue weighted by Crippen LogP contribution is 2.24. The lowest BCUT2D eigenvalue weighted by atomic mass is 10.3. The molecule has 0 aromatic heterocycles. The lowest BCUT2D eigenvalue weighted by Gasteiger charge is -2.16. The van der Waals surface area contributed by atoms with Crippen LogP contribution in [0.3, 0.4) is 0 Å². The molecule has 1 aliphatic carbocycles. The summed E-state index contributed by atoms with van der Waals surface area (Å²) in [5.41, 5.74) is 0.346. The minimum Gasteiger partial charge on any atom is -0.381 e. The van der Waals surface area contributed by atoms with Crippen LogP contribution in [-0.2, 0) is 0 Å². The standard InChI is InChI=1S/C14H21F2N3/c1-19(12-3-4-12)9-8-17-6-7-18-14-5-2-11(15)10-13(14)16/h2,5,10,12,17-18H,3-4,6-9H2,1H3. The fraction of sp³-hybridized carbons (Fsp3) is 0.571. The van der Waals surface area contributed by atoms with E-state index in [0.29, 0.717) is 12.2 Å². The predicted octanol–water partition coefficient (Wildman–Crippen LogP) is 2.06. The van der Waals surface area contributed by atoms with Crippen LogP contribution in [0.2, 0.25) is 0 Å². The van der Waals surface area contributed by atoms with Crippen molar-refractivity contribution in [1.29, 1.82) is 0 Å². The molecule has 0 spiro atoms. The summed E-state index contributed by atoms with van der Waals surface area (Å²) in [4.78, 5) is 2.36. The molecule has 0 radical (unpaired) electrons. The van der Waals surface area contributed by atoms with E-state index in [1.165, 1.54) is 25.0 Å². The van der Waals surface area contributed by atoms with Gasteiger partial charge < -0.3 is 15.5 Å². The van der Waals surface area contributed by atoms with Crippen LogP contribution in [0.4, 0.5) is 14.5 Å². The van der Waals surface area contributed by atoms with Crippen molar-refractivity contribution < 1.29 is 8.78 Å². The van der Waals surface area contributed by atoms with Gasteiger partial charge in [-0.2, -0.15) is 0 Å². The second kappa shape index (κ2) is 6.82. The smallest absolute Gasteiger partial charge is 0.149 e. The highest BCUT2D eigenvalue weighted by Gasteiger charge is 2.25. The summed E-state index contributed by atoms with van der Waals surface area (Å²) in [6.07, 6.45) is 2.64. The second-order valence-corrected chi connectivity index (χ2v) is 5.01. The monoisotopic (exact) mass is 269 g/mol. The van der Waals surface area contributed by atoms with Gasteiger partial charge in [0.05, 0.1) is 5.69 Å². The van der Waals surface area contributed by atoms with Gasteiger partial charge in [0.1, 0.15) is 11.6 Å². The van der Waals surface area contributed by atoms with E-state index in [4.69, 9.17) is 0 Å². The van der Waals surface area contributed by atoms with Crippen molar-refractivity contribution in [2.75, 3.05) is 38.5 Å². The van der Waals surface area contributed by atoms with E-state index in [-0.39, 0.29) is 0 Å². The average Bonchev–Trinajstić information content (AvgIpc) is 3.19. The van der Waals surface area contributed by atoms with Gasteiger partial charge in [-0.3, -0.25) is 0 Å². The second-order valence-electron chi connectivity index (χ2n) is 5.01. The summed E-state index contributed by atoms with van der Waals surface area (Å²) in [5, 5.41) is 6.24. The van der Waals surface area contributed by atoms with E-state index in [2.05, 4.69) is 22.6 Å². The molecule has 106 valence electrons. The van der Waals surface area contributed by atoms with Crippen LogP contribution < -0.4 is 10.6 Å². The van der Waals surface area contributed by atoms with Gasteiger partial charge in [-0.05, 0) is 32.0 Å². The zero-order chi connectivity index (χ0) is 13.7. The van der Waals surface area contributed by atoms with Crippen molar-refractivity contribution in [3.05, 3.63) is 29.8 Å². The number of rotatable bonds is 8. The Hall–Kier alpha value is -1.20. The van der Waals surface area contributed by atoms with E-state index in [0.717, 1.165) is 31.7 Å². The molecule has 0 bridgehead atoms. The van der Waals surface area contributed by atoms with E-state index in [1.54, 1.807) is 0 Å². The Morgan fingerprint density at radius 1 is 1.21 bits per heavy atom. The Morgan fingerprint density at radius 3 is 2.68 bits per heavy atom. The molecule has 1 saturated carbocycles. The molecule has 1 aromatic carbocycles. The number of anilines is 1. The first-order valence-electron chi connectivity index (χ1n) is 6.76. The number of nitrogens with zero attached hydrogens (tertiary/aromatic N) is 1. The van der Waals surface area contributed by atoms with Crippen molar-refractivity contribution in [3.63, 3.8) is 0 Å². The van der Waals surface area contributed by atoms with Crippen molar-refractivity contribution in [2.45, 2.75) is 18.9 Å². The number of benzene rings is 1. The third-order valence-electron chi connectivity index (χ3n) is 3.36. The number of likely N-dealkylation sites (N-methyl/N-ethyl adjacent to an activating group) is 1. The van der Waals surface area contributed by atoms with Gasteiger partial charge in [-0.25, -0.2) is 8.78 Å². The van der Waals surface area contributed by atoms with Crippen molar-refractivity contribution in [2.24, 2.45) is 0 Å². The van der Waals surface area contributed by atoms with Gasteiger partial charge in [-0.1, -0.05) is 0 Å². The summed E-state index contributed by atoms with van der Waals surface area (Å²) in [7, 11) is 2.14. The normalized spacial score (nSPS) is 14.9. The molecule has 0 unspecified atom stereocenters. The topological polar surface area (TPSA) is 27.3 Å². The molecule has 0 saturated heterocycles. The molecule has 2 rings (SSSR count). The first kappa shape index (κ1) is 14.2. The van der Waals surface area contributed by atoms with Gasteiger partial charge in [0.2, 0.25) is 0 Å². The van der Waals surface area contributed by atoms with Crippen molar-refractivity contribution in [1.82, 2.24) is 10.2 Å². The molecule has 19 heavy (non-hydrogen) atoms. The van der Waals surface area contributed by atoms with Crippen LogP contribution in [0.5, 0.6) is 0 Å². The number of hydrogen-bond donors (Lipinski definition) is 2. The highest BCUT2D eigenvalue weighted by molar-refractivity contribution is 5.44. The summed E-state index contributed by atoms with van der Waals surface area (Å²) in [6, 6.07) is 4.35. The maximum Gasteiger partial charge on any atom is 0.149 e. The first-order valence-corrected chi connectivity index (χ1v) is 6.76. The third kappa shape index (κ3) is 4.76. The number of hydrogen-bond acceptors (Lipinski definition) is 3. The van der Waals surface area contributed by atoms with Crippen molar-refractivity contribution in [3.8, 4) is 0 Å². The molecule has 1 aromatic rings. The Bertz CT molecular complexity index is 408. The molecular weight excluding hydrogens is 248 g/mol. The van der Waals surface area contributed by atoms with Gasteiger partial charge in [-0.15, -0.1) is 0 Å².